The summed E-state index contributed by atoms with van der Waals surface area (Å²) in [6.45, 7) is 1.94. The Balaban J connectivity index is 2.70. The van der Waals surface area contributed by atoms with Crippen LogP contribution in [-0.4, -0.2) is 28.9 Å². The molecule has 1 aromatic heterocycles. The Labute approximate surface area is 113 Å². The van der Waals surface area contributed by atoms with Crippen LogP contribution in [-0.2, 0) is 11.3 Å². The molecule has 0 unspecified atom stereocenters. The fourth-order valence-electron chi connectivity index (χ4n) is 1.29. The number of hydrogen-bond donors (Lipinski definition) is 2. The minimum absolute atomic E-state index is 0.0614. The summed E-state index contributed by atoms with van der Waals surface area (Å²) in [5.74, 6) is 1.48. The molecule has 1 aromatic rings. The third-order valence-corrected chi connectivity index (χ3v) is 2.38. The molecule has 3 N–H and O–H groups in total. The number of hydrogen-bond acceptors (Lipinski definition) is 5. The van der Waals surface area contributed by atoms with Gasteiger partial charge in [0.1, 0.15) is 19.0 Å². The lowest BCUT2D eigenvalue weighted by molar-refractivity contribution is -0.168. The second-order valence-electron chi connectivity index (χ2n) is 4.45. The summed E-state index contributed by atoms with van der Waals surface area (Å²) in [6, 6.07) is 1.60. The monoisotopic (exact) mass is 296 g/mol. The standard InChI is InChI=1S/C11H16F4N4O/c1-6(2)7-3-8(19-16)18-9(17-7)4-20-5-11(14,15)10(12)13/h3,6,10H,4-5,16H2,1-2H3,(H,17,18,19). The number of nitrogen functional groups attached to an aromatic ring is 1. The molecule has 0 aliphatic heterocycles. The largest absolute Gasteiger partial charge is 0.367 e. The Kier molecular flexibility index (Phi) is 5.63. The van der Waals surface area contributed by atoms with Gasteiger partial charge >= 0.3 is 12.3 Å². The van der Waals surface area contributed by atoms with Gasteiger partial charge in [0.05, 0.1) is 0 Å². The number of rotatable bonds is 7. The van der Waals surface area contributed by atoms with Crippen molar-refractivity contribution in [1.29, 1.82) is 0 Å². The minimum Gasteiger partial charge on any atom is -0.367 e. The molecule has 0 saturated heterocycles. The van der Waals surface area contributed by atoms with Crippen LogP contribution in [0.5, 0.6) is 0 Å². The Hall–Kier alpha value is -1.48. The molecular weight excluding hydrogens is 280 g/mol. The number of halogens is 4. The minimum atomic E-state index is -4.19. The highest BCUT2D eigenvalue weighted by Gasteiger charge is 2.41. The van der Waals surface area contributed by atoms with Crippen molar-refractivity contribution >= 4 is 5.82 Å². The topological polar surface area (TPSA) is 73.1 Å². The molecule has 0 aliphatic carbocycles. The van der Waals surface area contributed by atoms with Crippen molar-refractivity contribution < 1.29 is 22.3 Å². The maximum Gasteiger partial charge on any atom is 0.330 e. The Morgan fingerprint density at radius 2 is 2.00 bits per heavy atom. The summed E-state index contributed by atoms with van der Waals surface area (Å²) >= 11 is 0. The molecule has 0 fully saturated rings. The zero-order valence-corrected chi connectivity index (χ0v) is 11.0. The number of nitrogens with one attached hydrogen (secondary N) is 1. The van der Waals surface area contributed by atoms with E-state index in [0.717, 1.165) is 0 Å². The van der Waals surface area contributed by atoms with Crippen molar-refractivity contribution in [2.24, 2.45) is 5.84 Å². The van der Waals surface area contributed by atoms with E-state index < -0.39 is 25.6 Å². The van der Waals surface area contributed by atoms with Gasteiger partial charge in [-0.2, -0.15) is 8.78 Å². The summed E-state index contributed by atoms with van der Waals surface area (Å²) in [6.07, 6.45) is -3.77. The Morgan fingerprint density at radius 1 is 1.35 bits per heavy atom. The summed E-state index contributed by atoms with van der Waals surface area (Å²) < 4.78 is 53.7. The van der Waals surface area contributed by atoms with E-state index in [1.165, 1.54) is 0 Å². The van der Waals surface area contributed by atoms with E-state index in [-0.39, 0.29) is 11.7 Å². The summed E-state index contributed by atoms with van der Waals surface area (Å²) in [5, 5.41) is 0. The summed E-state index contributed by atoms with van der Waals surface area (Å²) in [4.78, 5) is 7.98. The molecule has 0 atom stereocenters. The van der Waals surface area contributed by atoms with Crippen LogP contribution in [0.3, 0.4) is 0 Å². The second kappa shape index (κ2) is 6.80. The molecule has 0 bridgehead atoms. The third kappa shape index (κ3) is 4.57. The van der Waals surface area contributed by atoms with Crippen LogP contribution in [0.15, 0.2) is 6.07 Å². The summed E-state index contributed by atoms with van der Waals surface area (Å²) in [7, 11) is 0. The molecule has 9 heteroatoms. The third-order valence-electron chi connectivity index (χ3n) is 2.38. The fourth-order valence-corrected chi connectivity index (χ4v) is 1.29. The van der Waals surface area contributed by atoms with E-state index in [2.05, 4.69) is 20.1 Å². The van der Waals surface area contributed by atoms with Gasteiger partial charge in [0, 0.05) is 11.8 Å². The summed E-state index contributed by atoms with van der Waals surface area (Å²) in [5.41, 5.74) is 2.94. The van der Waals surface area contributed by atoms with E-state index in [1.807, 2.05) is 13.8 Å². The van der Waals surface area contributed by atoms with E-state index >= 15 is 0 Å². The lowest BCUT2D eigenvalue weighted by Gasteiger charge is -2.15. The molecule has 0 spiro atoms. The molecule has 20 heavy (non-hydrogen) atoms. The van der Waals surface area contributed by atoms with Gasteiger partial charge in [-0.3, -0.25) is 0 Å². The van der Waals surface area contributed by atoms with E-state index in [1.54, 1.807) is 6.07 Å². The molecule has 0 aromatic carbocycles. The van der Waals surface area contributed by atoms with Crippen LogP contribution >= 0.6 is 0 Å². The first-order chi connectivity index (χ1) is 9.26. The number of hydrazine groups is 1. The molecule has 0 radical (unpaired) electrons. The number of nitrogens with zero attached hydrogens (tertiary/aromatic N) is 2. The van der Waals surface area contributed by atoms with Crippen molar-refractivity contribution in [3.8, 4) is 0 Å². The molecule has 0 aliphatic rings. The molecular formula is C11H16F4N4O. The Bertz CT molecular complexity index is 442. The van der Waals surface area contributed by atoms with Gasteiger partial charge in [-0.1, -0.05) is 13.8 Å². The van der Waals surface area contributed by atoms with Gasteiger partial charge in [-0.25, -0.2) is 24.6 Å². The van der Waals surface area contributed by atoms with Crippen LogP contribution in [0.2, 0.25) is 0 Å². The number of ether oxygens (including phenoxy) is 1. The predicted molar refractivity (Wildman–Crippen MR) is 64.5 cm³/mol. The first kappa shape index (κ1) is 16.6. The van der Waals surface area contributed by atoms with Crippen molar-refractivity contribution in [2.45, 2.75) is 38.7 Å². The quantitative estimate of drug-likeness (QED) is 0.459. The van der Waals surface area contributed by atoms with Gasteiger partial charge in [0.25, 0.3) is 0 Å². The maximum absolute atomic E-state index is 12.7. The highest BCUT2D eigenvalue weighted by molar-refractivity contribution is 5.35. The van der Waals surface area contributed by atoms with Crippen molar-refractivity contribution in [1.82, 2.24) is 9.97 Å². The van der Waals surface area contributed by atoms with Gasteiger partial charge in [0.2, 0.25) is 0 Å². The van der Waals surface area contributed by atoms with Crippen LogP contribution in [0, 0.1) is 0 Å². The first-order valence-electron chi connectivity index (χ1n) is 5.84. The second-order valence-corrected chi connectivity index (χ2v) is 4.45. The van der Waals surface area contributed by atoms with Crippen molar-refractivity contribution in [2.75, 3.05) is 12.0 Å². The highest BCUT2D eigenvalue weighted by Crippen LogP contribution is 2.23. The van der Waals surface area contributed by atoms with E-state index in [4.69, 9.17) is 5.84 Å². The van der Waals surface area contributed by atoms with Crippen LogP contribution in [0.1, 0.15) is 31.3 Å². The average Bonchev–Trinajstić information content (AvgIpc) is 2.37. The Morgan fingerprint density at radius 3 is 2.50 bits per heavy atom. The average molecular weight is 296 g/mol. The maximum atomic E-state index is 12.7. The van der Waals surface area contributed by atoms with Gasteiger partial charge in [-0.05, 0) is 5.92 Å². The SMILES string of the molecule is CC(C)c1cc(NN)nc(COCC(F)(F)C(F)F)n1. The first-order valence-corrected chi connectivity index (χ1v) is 5.84. The van der Waals surface area contributed by atoms with Crippen LogP contribution in [0.4, 0.5) is 23.4 Å². The van der Waals surface area contributed by atoms with Gasteiger partial charge in [-0.15, -0.1) is 0 Å². The van der Waals surface area contributed by atoms with Crippen molar-refractivity contribution in [3.05, 3.63) is 17.6 Å². The molecule has 0 amide bonds. The van der Waals surface area contributed by atoms with E-state index in [0.29, 0.717) is 11.5 Å². The van der Waals surface area contributed by atoms with Crippen LogP contribution in [0.25, 0.3) is 0 Å². The number of anilines is 1. The number of nitrogens with two attached hydrogens (primary N) is 1. The van der Waals surface area contributed by atoms with Gasteiger partial charge in [0.15, 0.2) is 5.82 Å². The zero-order chi connectivity index (χ0) is 15.3. The molecule has 1 rings (SSSR count). The lowest BCUT2D eigenvalue weighted by Crippen LogP contribution is -2.32. The lowest BCUT2D eigenvalue weighted by atomic mass is 10.1. The molecule has 1 heterocycles. The van der Waals surface area contributed by atoms with Crippen molar-refractivity contribution in [3.63, 3.8) is 0 Å². The molecule has 5 nitrogen and oxygen atoms in total. The fraction of sp³-hybridized carbons (Fsp3) is 0.636. The van der Waals surface area contributed by atoms with Crippen LogP contribution < -0.4 is 11.3 Å². The number of alkyl halides is 4. The normalized spacial score (nSPS) is 12.2. The molecule has 0 saturated carbocycles. The highest BCUT2D eigenvalue weighted by atomic mass is 19.3. The molecule has 114 valence electrons. The van der Waals surface area contributed by atoms with Gasteiger partial charge < -0.3 is 10.2 Å². The zero-order valence-electron chi connectivity index (χ0n) is 11.0. The smallest absolute Gasteiger partial charge is 0.330 e. The number of aromatic nitrogens is 2. The van der Waals surface area contributed by atoms with E-state index in [9.17, 15) is 17.6 Å². The predicted octanol–water partition coefficient (Wildman–Crippen LogP) is 2.30.